The Morgan fingerprint density at radius 3 is 2.21 bits per heavy atom. The molecule has 0 saturated heterocycles. The molecule has 0 aromatic heterocycles. The van der Waals surface area contributed by atoms with Crippen LogP contribution in [0.3, 0.4) is 0 Å². The van der Waals surface area contributed by atoms with Gasteiger partial charge in [0.2, 0.25) is 5.78 Å². The number of hydrogen-bond acceptors (Lipinski definition) is 5. The second-order valence-electron chi connectivity index (χ2n) is 2.12. The van der Waals surface area contributed by atoms with E-state index in [2.05, 4.69) is 9.26 Å². The number of amides is 1. The van der Waals surface area contributed by atoms with Crippen LogP contribution in [0.4, 0.5) is 4.79 Å². The molecule has 0 rings (SSSR count). The van der Waals surface area contributed by atoms with E-state index < -0.39 is 25.4 Å². The molecule has 0 aliphatic carbocycles. The van der Waals surface area contributed by atoms with Crippen LogP contribution in [-0.2, 0) is 18.6 Å². The van der Waals surface area contributed by atoms with Crippen molar-refractivity contribution in [2.24, 2.45) is 0 Å². The zero-order chi connectivity index (χ0) is 11.4. The normalized spacial score (nSPS) is 16.5. The van der Waals surface area contributed by atoms with Crippen molar-refractivity contribution < 1.29 is 33.4 Å². The van der Waals surface area contributed by atoms with E-state index in [-0.39, 0.29) is 0 Å². The van der Waals surface area contributed by atoms with E-state index in [9.17, 15) is 14.2 Å². The average molecular weight is 227 g/mol. The van der Waals surface area contributed by atoms with Crippen LogP contribution in [0.5, 0.6) is 0 Å². The molecule has 0 fully saturated rings. The molecule has 0 heterocycles. The van der Waals surface area contributed by atoms with E-state index in [1.165, 1.54) is 0 Å². The maximum Gasteiger partial charge on any atom is 0.408 e. The van der Waals surface area contributed by atoms with Gasteiger partial charge in [-0.1, -0.05) is 0 Å². The lowest BCUT2D eigenvalue weighted by Crippen LogP contribution is -2.40. The largest absolute Gasteiger partial charge is 0.479 e. The van der Waals surface area contributed by atoms with Gasteiger partial charge < -0.3 is 19.3 Å². The molecular weight excluding hydrogens is 217 g/mol. The Morgan fingerprint density at radius 1 is 1.43 bits per heavy atom. The summed E-state index contributed by atoms with van der Waals surface area (Å²) in [5, 5.41) is 10.2. The Balaban J connectivity index is 4.70. The SMILES string of the molecule is COC(=O)NC(C(=O)O)P(=O)(O)OC. The molecule has 0 radical (unpaired) electrons. The number of carbonyl (C=O) groups excluding carboxylic acids is 1. The standard InChI is InChI=1S/C5H10NO7P/c1-12-5(9)6-3(4(7)8)14(10,11)13-2/h3H,1-2H3,(H,6,9)(H,7,8)(H,10,11). The summed E-state index contributed by atoms with van der Waals surface area (Å²) in [6.07, 6.45) is -1.14. The van der Waals surface area contributed by atoms with Crippen LogP contribution < -0.4 is 5.32 Å². The predicted molar refractivity (Wildman–Crippen MR) is 43.8 cm³/mol. The van der Waals surface area contributed by atoms with Crippen LogP contribution in [0, 0.1) is 0 Å². The summed E-state index contributed by atoms with van der Waals surface area (Å²) in [6, 6.07) is 0. The van der Waals surface area contributed by atoms with Gasteiger partial charge in [0.25, 0.3) is 0 Å². The van der Waals surface area contributed by atoms with Crippen LogP contribution in [0.15, 0.2) is 0 Å². The maximum atomic E-state index is 11.1. The summed E-state index contributed by atoms with van der Waals surface area (Å²) >= 11 is 0. The Hall–Kier alpha value is -1.11. The third-order valence-electron chi connectivity index (χ3n) is 1.26. The summed E-state index contributed by atoms with van der Waals surface area (Å²) in [5.41, 5.74) is 0. The first kappa shape index (κ1) is 12.9. The summed E-state index contributed by atoms with van der Waals surface area (Å²) in [5.74, 6) is -3.73. The number of carboxylic acids is 1. The Morgan fingerprint density at radius 2 is 1.93 bits per heavy atom. The minimum absolute atomic E-state index is 0.857. The molecule has 0 aliphatic rings. The zero-order valence-corrected chi connectivity index (χ0v) is 8.35. The molecule has 14 heavy (non-hydrogen) atoms. The number of alkyl carbamates (subject to hydrolysis) is 1. The van der Waals surface area contributed by atoms with Crippen molar-refractivity contribution in [1.82, 2.24) is 5.32 Å². The van der Waals surface area contributed by atoms with Gasteiger partial charge in [-0.05, 0) is 0 Å². The Labute approximate surface area is 79.4 Å². The highest BCUT2D eigenvalue weighted by atomic mass is 31.2. The highest BCUT2D eigenvalue weighted by Gasteiger charge is 2.39. The molecular formula is C5H10NO7P. The molecule has 0 aromatic carbocycles. The molecule has 0 saturated carbocycles. The summed E-state index contributed by atoms with van der Waals surface area (Å²) in [7, 11) is -2.57. The lowest BCUT2D eigenvalue weighted by molar-refractivity contribution is -0.137. The van der Waals surface area contributed by atoms with Crippen molar-refractivity contribution in [2.75, 3.05) is 14.2 Å². The summed E-state index contributed by atoms with van der Waals surface area (Å²) < 4.78 is 19.2. The fourth-order valence-electron chi connectivity index (χ4n) is 0.559. The number of hydrogen-bond donors (Lipinski definition) is 3. The Bertz CT molecular complexity index is 277. The molecule has 3 N–H and O–H groups in total. The van der Waals surface area contributed by atoms with Gasteiger partial charge in [-0.25, -0.2) is 9.59 Å². The van der Waals surface area contributed by atoms with E-state index >= 15 is 0 Å². The number of aliphatic carboxylic acids is 1. The van der Waals surface area contributed by atoms with Crippen molar-refractivity contribution in [3.63, 3.8) is 0 Å². The fraction of sp³-hybridized carbons (Fsp3) is 0.600. The first-order valence-electron chi connectivity index (χ1n) is 3.30. The third kappa shape index (κ3) is 3.33. The van der Waals surface area contributed by atoms with Crippen molar-refractivity contribution in [3.05, 3.63) is 0 Å². The molecule has 0 spiro atoms. The van der Waals surface area contributed by atoms with Gasteiger partial charge in [-0.3, -0.25) is 9.88 Å². The number of ether oxygens (including phenoxy) is 1. The average Bonchev–Trinajstić information content (AvgIpc) is 2.12. The minimum Gasteiger partial charge on any atom is -0.479 e. The topological polar surface area (TPSA) is 122 Å². The lowest BCUT2D eigenvalue weighted by Gasteiger charge is -2.17. The van der Waals surface area contributed by atoms with Crippen molar-refractivity contribution in [3.8, 4) is 0 Å². The van der Waals surface area contributed by atoms with Gasteiger partial charge in [-0.2, -0.15) is 0 Å². The molecule has 0 bridgehead atoms. The second-order valence-corrected chi connectivity index (χ2v) is 4.13. The van der Waals surface area contributed by atoms with E-state index in [1.807, 2.05) is 0 Å². The second kappa shape index (κ2) is 4.94. The molecule has 0 aliphatic heterocycles. The third-order valence-corrected chi connectivity index (χ3v) is 2.79. The number of methoxy groups -OCH3 is 1. The minimum atomic E-state index is -4.42. The highest BCUT2D eigenvalue weighted by Crippen LogP contribution is 2.45. The molecule has 9 heteroatoms. The first-order valence-corrected chi connectivity index (χ1v) is 4.95. The highest BCUT2D eigenvalue weighted by molar-refractivity contribution is 7.54. The maximum absolute atomic E-state index is 11.1. The fourth-order valence-corrected chi connectivity index (χ4v) is 1.32. The first-order chi connectivity index (χ1) is 6.35. The lowest BCUT2D eigenvalue weighted by atomic mass is 10.6. The van der Waals surface area contributed by atoms with Crippen LogP contribution in [-0.4, -0.2) is 42.1 Å². The van der Waals surface area contributed by atoms with Gasteiger partial charge in [0.15, 0.2) is 0 Å². The molecule has 8 nitrogen and oxygen atoms in total. The summed E-state index contributed by atoms with van der Waals surface area (Å²) in [6.45, 7) is 0. The summed E-state index contributed by atoms with van der Waals surface area (Å²) in [4.78, 5) is 30.1. The van der Waals surface area contributed by atoms with Crippen molar-refractivity contribution in [2.45, 2.75) is 5.78 Å². The van der Waals surface area contributed by atoms with Gasteiger partial charge in [0.05, 0.1) is 7.11 Å². The van der Waals surface area contributed by atoms with Crippen LogP contribution in [0.1, 0.15) is 0 Å². The number of nitrogens with one attached hydrogen (secondary N) is 1. The van der Waals surface area contributed by atoms with E-state index in [0.29, 0.717) is 0 Å². The quantitative estimate of drug-likeness (QED) is 0.557. The smallest absolute Gasteiger partial charge is 0.408 e. The Kier molecular flexibility index (Phi) is 4.55. The predicted octanol–water partition coefficient (Wildman–Crippen LogP) is -0.415. The molecule has 82 valence electrons. The van der Waals surface area contributed by atoms with Gasteiger partial charge in [0.1, 0.15) is 0 Å². The molecule has 2 unspecified atom stereocenters. The number of rotatable bonds is 4. The zero-order valence-electron chi connectivity index (χ0n) is 7.46. The molecule has 2 atom stereocenters. The molecule has 0 aromatic rings. The monoisotopic (exact) mass is 227 g/mol. The van der Waals surface area contributed by atoms with Gasteiger partial charge >= 0.3 is 19.7 Å². The molecule has 1 amide bonds. The van der Waals surface area contributed by atoms with Crippen LogP contribution in [0.2, 0.25) is 0 Å². The van der Waals surface area contributed by atoms with Crippen molar-refractivity contribution >= 4 is 19.7 Å². The van der Waals surface area contributed by atoms with E-state index in [4.69, 9.17) is 10.00 Å². The van der Waals surface area contributed by atoms with Gasteiger partial charge in [0, 0.05) is 7.11 Å². The number of carboxylic acid groups (broad SMARTS) is 1. The van der Waals surface area contributed by atoms with E-state index in [1.54, 1.807) is 5.32 Å². The van der Waals surface area contributed by atoms with Gasteiger partial charge in [-0.15, -0.1) is 0 Å². The van der Waals surface area contributed by atoms with Crippen LogP contribution in [0.25, 0.3) is 0 Å². The van der Waals surface area contributed by atoms with E-state index in [0.717, 1.165) is 14.2 Å². The number of carbonyl (C=O) groups is 2. The van der Waals surface area contributed by atoms with Crippen LogP contribution >= 0.6 is 7.60 Å². The van der Waals surface area contributed by atoms with Crippen molar-refractivity contribution in [1.29, 1.82) is 0 Å².